The van der Waals surface area contributed by atoms with Crippen molar-refractivity contribution < 1.29 is 45.7 Å². The Morgan fingerprint density at radius 2 is 1.76 bits per heavy atom. The Balaban J connectivity index is 0.00000408. The number of nitrogens with one attached hydrogen (secondary N) is 1. The molecular formula is C20H22N8O5W. The van der Waals surface area contributed by atoms with E-state index >= 15 is 0 Å². The normalized spacial score (nSPS) is 11.3. The molecule has 1 unspecified atom stereocenters. The predicted molar refractivity (Wildman–Crippen MR) is 118 cm³/mol. The average Bonchev–Trinajstić information content (AvgIpc) is 2.76. The van der Waals surface area contributed by atoms with Gasteiger partial charge in [-0.1, -0.05) is 0 Å². The number of carbonyl (C=O) groups is 3. The van der Waals surface area contributed by atoms with E-state index in [9.17, 15) is 19.5 Å². The number of hydrogen-bond acceptors (Lipinski definition) is 10. The molecule has 3 rings (SSSR count). The first-order valence-electron chi connectivity index (χ1n) is 9.75. The number of carboxylic acids is 2. The number of fused-ring (bicyclic) bond motifs is 1. The molecule has 1 amide bonds. The molecule has 13 nitrogen and oxygen atoms in total. The van der Waals surface area contributed by atoms with Crippen LogP contribution in [0.5, 0.6) is 0 Å². The predicted octanol–water partition coefficient (Wildman–Crippen LogP) is 0.266. The van der Waals surface area contributed by atoms with E-state index in [1.54, 1.807) is 18.3 Å². The van der Waals surface area contributed by atoms with E-state index in [1.807, 2.05) is 11.9 Å². The van der Waals surface area contributed by atoms with Gasteiger partial charge in [-0.25, -0.2) is 14.8 Å². The number of aliphatic carboxylic acids is 2. The van der Waals surface area contributed by atoms with E-state index in [1.165, 1.54) is 12.1 Å². The molecule has 0 fully saturated rings. The second-order valence-corrected chi connectivity index (χ2v) is 7.20. The van der Waals surface area contributed by atoms with E-state index in [-0.39, 0.29) is 51.2 Å². The number of nitrogens with zero attached hydrogens (tertiary/aromatic N) is 5. The maximum atomic E-state index is 12.4. The van der Waals surface area contributed by atoms with Crippen LogP contribution in [-0.2, 0) is 37.2 Å². The Labute approximate surface area is 207 Å². The molecule has 0 spiro atoms. The first kappa shape index (κ1) is 26.4. The monoisotopic (exact) mass is 638 g/mol. The van der Waals surface area contributed by atoms with E-state index in [4.69, 9.17) is 16.6 Å². The molecule has 1 atom stereocenters. The number of anilines is 3. The summed E-state index contributed by atoms with van der Waals surface area (Å²) in [5.74, 6) is -2.91. The number of benzene rings is 1. The van der Waals surface area contributed by atoms with Crippen molar-refractivity contribution in [3.8, 4) is 0 Å². The summed E-state index contributed by atoms with van der Waals surface area (Å²) in [4.78, 5) is 52.7. The van der Waals surface area contributed by atoms with Gasteiger partial charge < -0.3 is 31.9 Å². The number of aromatic nitrogens is 4. The van der Waals surface area contributed by atoms with Gasteiger partial charge in [0.2, 0.25) is 5.95 Å². The summed E-state index contributed by atoms with van der Waals surface area (Å²) < 4.78 is 0. The molecule has 0 aliphatic carbocycles. The van der Waals surface area contributed by atoms with Gasteiger partial charge >= 0.3 is 11.9 Å². The second-order valence-electron chi connectivity index (χ2n) is 7.20. The number of nitrogen functional groups attached to an aromatic ring is 2. The van der Waals surface area contributed by atoms with E-state index in [0.717, 1.165) is 5.69 Å². The van der Waals surface area contributed by atoms with Gasteiger partial charge in [-0.05, 0) is 30.7 Å². The molecule has 2 aromatic heterocycles. The molecule has 7 N–H and O–H groups in total. The van der Waals surface area contributed by atoms with E-state index in [0.29, 0.717) is 23.4 Å². The van der Waals surface area contributed by atoms with Gasteiger partial charge in [0.1, 0.15) is 6.04 Å². The number of amides is 1. The smallest absolute Gasteiger partial charge is 0.326 e. The van der Waals surface area contributed by atoms with Gasteiger partial charge in [-0.3, -0.25) is 9.59 Å². The van der Waals surface area contributed by atoms with Gasteiger partial charge in [-0.2, -0.15) is 9.97 Å². The zero-order valence-corrected chi connectivity index (χ0v) is 20.9. The quantitative estimate of drug-likeness (QED) is 0.214. The van der Waals surface area contributed by atoms with Crippen LogP contribution in [0.15, 0.2) is 30.5 Å². The van der Waals surface area contributed by atoms with Crippen molar-refractivity contribution in [1.29, 1.82) is 0 Å². The van der Waals surface area contributed by atoms with Crippen molar-refractivity contribution in [3.63, 3.8) is 0 Å². The number of nitrogens with two attached hydrogens (primary N) is 2. The molecular weight excluding hydrogens is 616 g/mol. The minimum Gasteiger partial charge on any atom is -0.481 e. The van der Waals surface area contributed by atoms with E-state index in [2.05, 4.69) is 25.3 Å². The van der Waals surface area contributed by atoms with Crippen molar-refractivity contribution >= 4 is 46.5 Å². The van der Waals surface area contributed by atoms with Crippen LogP contribution < -0.4 is 21.7 Å². The van der Waals surface area contributed by atoms with Gasteiger partial charge in [0.25, 0.3) is 5.91 Å². The number of carbonyl (C=O) groups excluding carboxylic acids is 1. The van der Waals surface area contributed by atoms with Crippen molar-refractivity contribution in [2.45, 2.75) is 25.4 Å². The fourth-order valence-electron chi connectivity index (χ4n) is 3.03. The Morgan fingerprint density at radius 3 is 2.38 bits per heavy atom. The summed E-state index contributed by atoms with van der Waals surface area (Å²) in [6.45, 7) is 0.370. The molecule has 14 heteroatoms. The molecule has 34 heavy (non-hydrogen) atoms. The summed E-state index contributed by atoms with van der Waals surface area (Å²) in [6.07, 6.45) is 0.964. The third-order valence-electron chi connectivity index (χ3n) is 4.72. The fraction of sp³-hybridized carbons (Fsp3) is 0.250. The van der Waals surface area contributed by atoms with Crippen LogP contribution in [0.1, 0.15) is 28.9 Å². The van der Waals surface area contributed by atoms with Crippen molar-refractivity contribution in [1.82, 2.24) is 25.3 Å². The second kappa shape index (κ2) is 11.3. The largest absolute Gasteiger partial charge is 0.481 e. The zero-order chi connectivity index (χ0) is 24.1. The molecule has 178 valence electrons. The molecule has 0 bridgehead atoms. The van der Waals surface area contributed by atoms with Gasteiger partial charge in [0, 0.05) is 45.8 Å². The van der Waals surface area contributed by atoms with Crippen LogP contribution in [0.25, 0.3) is 11.2 Å². The molecule has 1 aromatic carbocycles. The van der Waals surface area contributed by atoms with Crippen LogP contribution >= 0.6 is 0 Å². The molecule has 3 aromatic rings. The molecule has 0 saturated carbocycles. The molecule has 2 heterocycles. The zero-order valence-electron chi connectivity index (χ0n) is 18.0. The van der Waals surface area contributed by atoms with E-state index < -0.39 is 23.9 Å². The van der Waals surface area contributed by atoms with Gasteiger partial charge in [0.05, 0.1) is 18.4 Å². The minimum atomic E-state index is -1.30. The first-order chi connectivity index (χ1) is 15.6. The average molecular weight is 638 g/mol. The van der Waals surface area contributed by atoms with Crippen LogP contribution in [0.3, 0.4) is 0 Å². The van der Waals surface area contributed by atoms with Gasteiger partial charge in [0.15, 0.2) is 17.0 Å². The van der Waals surface area contributed by atoms with Crippen LogP contribution in [0.4, 0.5) is 17.5 Å². The third kappa shape index (κ3) is 6.58. The summed E-state index contributed by atoms with van der Waals surface area (Å²) in [5.41, 5.74) is 13.7. The topological polar surface area (TPSA) is 211 Å². The summed E-state index contributed by atoms with van der Waals surface area (Å²) >= 11 is 0. The van der Waals surface area contributed by atoms with Gasteiger partial charge in [-0.15, -0.1) is 0 Å². The Kier molecular flexibility index (Phi) is 8.79. The Morgan fingerprint density at radius 1 is 1.09 bits per heavy atom. The van der Waals surface area contributed by atoms with Crippen molar-refractivity contribution in [2.75, 3.05) is 23.4 Å². The molecule has 0 radical (unpaired) electrons. The minimum absolute atomic E-state index is 0. The number of carboxylic acid groups (broad SMARTS) is 2. The Hall–Kier alpha value is -3.86. The first-order valence-corrected chi connectivity index (χ1v) is 9.75. The molecule has 0 aliphatic rings. The van der Waals surface area contributed by atoms with Crippen molar-refractivity contribution in [2.24, 2.45) is 0 Å². The maximum Gasteiger partial charge on any atom is 0.326 e. The SMILES string of the molecule is CN(Cc1cnc2nc(N)nc(N)c2n1)c1ccc(C(=O)NC(CCC(=O)O)C(=O)O)cc1.[W]. The van der Waals surface area contributed by atoms with Crippen LogP contribution in [0, 0.1) is 0 Å². The summed E-state index contributed by atoms with van der Waals surface area (Å²) in [5, 5.41) is 20.2. The summed E-state index contributed by atoms with van der Waals surface area (Å²) in [7, 11) is 1.82. The number of rotatable bonds is 9. The van der Waals surface area contributed by atoms with Crippen molar-refractivity contribution in [3.05, 3.63) is 41.7 Å². The third-order valence-corrected chi connectivity index (χ3v) is 4.72. The summed E-state index contributed by atoms with van der Waals surface area (Å²) in [6, 6.07) is 5.16. The van der Waals surface area contributed by atoms with Crippen LogP contribution in [-0.4, -0.2) is 61.1 Å². The maximum absolute atomic E-state index is 12.4. The standard InChI is InChI=1S/C20H22N8O5.W/c1-28(9-11-8-23-17-15(24-11)16(21)26-20(22)27-17)12-4-2-10(3-5-12)18(31)25-13(19(32)33)6-7-14(29)30;/h2-5,8,13H,6-7,9H2,1H3,(H,25,31)(H,29,30)(H,32,33)(H4,21,22,23,26,27);. The fourth-order valence-corrected chi connectivity index (χ4v) is 3.03. The number of hydrogen-bond donors (Lipinski definition) is 5. The molecule has 0 saturated heterocycles. The Bertz CT molecular complexity index is 1210. The molecule has 0 aliphatic heterocycles. The van der Waals surface area contributed by atoms with Crippen LogP contribution in [0.2, 0.25) is 0 Å².